The number of aromatic nitrogens is 3. The van der Waals surface area contributed by atoms with Crippen molar-refractivity contribution < 1.29 is 26.4 Å². The van der Waals surface area contributed by atoms with E-state index in [-0.39, 0.29) is 16.5 Å². The molecule has 6 aromatic carbocycles. The van der Waals surface area contributed by atoms with Crippen LogP contribution >= 0.6 is 0 Å². The van der Waals surface area contributed by atoms with Gasteiger partial charge in [0.15, 0.2) is 40.7 Å². The van der Waals surface area contributed by atoms with E-state index in [9.17, 15) is 13.2 Å². The normalized spacial score (nSPS) is 11.6. The Labute approximate surface area is 257 Å². The van der Waals surface area contributed by atoms with Crippen LogP contribution in [-0.4, -0.2) is 15.0 Å². The molecule has 0 aliphatic carbocycles. The maximum absolute atomic E-state index is 15.4. The van der Waals surface area contributed by atoms with Gasteiger partial charge in [0, 0.05) is 33.0 Å². The Morgan fingerprint density at radius 2 is 1.00 bits per heavy atom. The minimum absolute atomic E-state index is 0.0509. The summed E-state index contributed by atoms with van der Waals surface area (Å²) in [7, 11) is 0. The molecule has 0 saturated carbocycles. The highest BCUT2D eigenvalue weighted by molar-refractivity contribution is 6.21. The van der Waals surface area contributed by atoms with E-state index in [1.165, 1.54) is 0 Å². The molecule has 0 fully saturated rings. The van der Waals surface area contributed by atoms with E-state index in [1.54, 1.807) is 48.5 Å². The van der Waals surface area contributed by atoms with Gasteiger partial charge in [-0.3, -0.25) is 0 Å². The van der Waals surface area contributed by atoms with Crippen LogP contribution in [0, 0.1) is 29.1 Å². The molecule has 0 bridgehead atoms. The summed E-state index contributed by atoms with van der Waals surface area (Å²) in [6, 6.07) is 32.2. The van der Waals surface area contributed by atoms with Crippen molar-refractivity contribution in [2.24, 2.45) is 0 Å². The first-order chi connectivity index (χ1) is 22.4. The third kappa shape index (κ3) is 4.23. The lowest BCUT2D eigenvalue weighted by Crippen LogP contribution is -2.04. The molecule has 2 heterocycles. The molecule has 0 aliphatic heterocycles. The summed E-state index contributed by atoms with van der Waals surface area (Å²) in [5.41, 5.74) is 0.956. The second-order valence-corrected chi connectivity index (χ2v) is 10.6. The monoisotopic (exact) mass is 615 g/mol. The van der Waals surface area contributed by atoms with Crippen molar-refractivity contribution >= 4 is 32.7 Å². The van der Waals surface area contributed by atoms with E-state index in [1.807, 2.05) is 60.7 Å². The molecule has 0 radical (unpaired) electrons. The van der Waals surface area contributed by atoms with Crippen molar-refractivity contribution in [1.29, 1.82) is 0 Å². The molecule has 9 heteroatoms. The largest absolute Gasteiger partial charge is 0.455 e. The fourth-order valence-electron chi connectivity index (χ4n) is 5.81. The highest BCUT2D eigenvalue weighted by Gasteiger charge is 2.30. The first-order valence-electron chi connectivity index (χ1n) is 14.2. The lowest BCUT2D eigenvalue weighted by molar-refractivity contribution is 0.381. The molecule has 0 spiro atoms. The van der Waals surface area contributed by atoms with Crippen LogP contribution in [0.25, 0.3) is 78.0 Å². The van der Waals surface area contributed by atoms with Crippen LogP contribution in [0.1, 0.15) is 0 Å². The fraction of sp³-hybridized carbons (Fsp3) is 0. The van der Waals surface area contributed by atoms with Gasteiger partial charge >= 0.3 is 0 Å². The van der Waals surface area contributed by atoms with Crippen molar-refractivity contribution in [3.8, 4) is 45.3 Å². The van der Waals surface area contributed by atoms with Gasteiger partial charge in [0.1, 0.15) is 11.2 Å². The summed E-state index contributed by atoms with van der Waals surface area (Å²) in [6.45, 7) is 0. The van der Waals surface area contributed by atoms with E-state index >= 15 is 8.78 Å². The van der Waals surface area contributed by atoms with Gasteiger partial charge in [-0.2, -0.15) is 0 Å². The van der Waals surface area contributed by atoms with Crippen molar-refractivity contribution in [2.45, 2.75) is 0 Å². The molecule has 0 amide bonds. The van der Waals surface area contributed by atoms with Crippen LogP contribution < -0.4 is 0 Å². The molecule has 0 saturated heterocycles. The van der Waals surface area contributed by atoms with Crippen LogP contribution in [0.4, 0.5) is 22.0 Å². The number of fused-ring (bicyclic) bond motifs is 4. The maximum atomic E-state index is 15.4. The van der Waals surface area contributed by atoms with E-state index in [4.69, 9.17) is 19.4 Å². The first-order valence-corrected chi connectivity index (χ1v) is 14.2. The lowest BCUT2D eigenvalue weighted by atomic mass is 9.93. The highest BCUT2D eigenvalue weighted by Crippen LogP contribution is 2.46. The van der Waals surface area contributed by atoms with Crippen LogP contribution in [0.3, 0.4) is 0 Å². The predicted octanol–water partition coefficient (Wildman–Crippen LogP) is 10.3. The molecule has 0 N–H and O–H groups in total. The van der Waals surface area contributed by atoms with Gasteiger partial charge in [-0.1, -0.05) is 97.1 Å². The summed E-state index contributed by atoms with van der Waals surface area (Å²) < 4.78 is 80.1. The zero-order chi connectivity index (χ0) is 31.5. The van der Waals surface area contributed by atoms with E-state index < -0.39 is 34.6 Å². The van der Waals surface area contributed by atoms with Crippen LogP contribution in [0.5, 0.6) is 0 Å². The third-order valence-electron chi connectivity index (χ3n) is 7.91. The number of benzene rings is 6. The molecule has 0 unspecified atom stereocenters. The topological polar surface area (TPSA) is 51.8 Å². The zero-order valence-corrected chi connectivity index (χ0v) is 23.5. The van der Waals surface area contributed by atoms with Gasteiger partial charge in [-0.15, -0.1) is 0 Å². The summed E-state index contributed by atoms with van der Waals surface area (Å²) in [5.74, 6) is -9.09. The zero-order valence-electron chi connectivity index (χ0n) is 23.5. The van der Waals surface area contributed by atoms with E-state index in [2.05, 4.69) is 0 Å². The van der Waals surface area contributed by atoms with Gasteiger partial charge in [0.25, 0.3) is 0 Å². The van der Waals surface area contributed by atoms with Crippen molar-refractivity contribution in [3.63, 3.8) is 0 Å². The minimum Gasteiger partial charge on any atom is -0.455 e. The number of hydrogen-bond donors (Lipinski definition) is 0. The SMILES string of the molecule is Fc1c(F)c(F)c(-c2c3ccccc3cc3c2oc2cccc(-c4nc(-c5ccccc5)nc(-c5ccccc5)n4)c23)c(F)c1F. The molecular weight excluding hydrogens is 597 g/mol. The molecule has 46 heavy (non-hydrogen) atoms. The second kappa shape index (κ2) is 10.6. The number of halogens is 5. The van der Waals surface area contributed by atoms with Crippen molar-refractivity contribution in [1.82, 2.24) is 15.0 Å². The third-order valence-corrected chi connectivity index (χ3v) is 7.91. The van der Waals surface area contributed by atoms with Gasteiger partial charge in [0.2, 0.25) is 5.82 Å². The van der Waals surface area contributed by atoms with Gasteiger partial charge in [-0.05, 0) is 22.9 Å². The average molecular weight is 616 g/mol. The number of hydrogen-bond acceptors (Lipinski definition) is 4. The summed E-state index contributed by atoms with van der Waals surface area (Å²) in [5, 5.41) is 1.62. The Morgan fingerprint density at radius 3 is 1.63 bits per heavy atom. The van der Waals surface area contributed by atoms with Gasteiger partial charge in [-0.25, -0.2) is 36.9 Å². The maximum Gasteiger partial charge on any atom is 0.200 e. The molecule has 2 aromatic heterocycles. The van der Waals surface area contributed by atoms with Gasteiger partial charge in [0.05, 0.1) is 5.56 Å². The van der Waals surface area contributed by atoms with Crippen molar-refractivity contribution in [2.75, 3.05) is 0 Å². The van der Waals surface area contributed by atoms with Crippen LogP contribution in [0.15, 0.2) is 114 Å². The molecule has 0 atom stereocenters. The minimum atomic E-state index is -2.24. The smallest absolute Gasteiger partial charge is 0.200 e. The van der Waals surface area contributed by atoms with Gasteiger partial charge < -0.3 is 4.42 Å². The number of nitrogens with zero attached hydrogens (tertiary/aromatic N) is 3. The van der Waals surface area contributed by atoms with Crippen molar-refractivity contribution in [3.05, 3.63) is 138 Å². The first kappa shape index (κ1) is 27.6. The summed E-state index contributed by atoms with van der Waals surface area (Å²) >= 11 is 0. The lowest BCUT2D eigenvalue weighted by Gasteiger charge is -2.12. The predicted molar refractivity (Wildman–Crippen MR) is 166 cm³/mol. The van der Waals surface area contributed by atoms with E-state index in [0.717, 1.165) is 11.1 Å². The Hall–Kier alpha value is -5.96. The average Bonchev–Trinajstić information content (AvgIpc) is 3.48. The molecular formula is C37H18F5N3O. The highest BCUT2D eigenvalue weighted by atomic mass is 19.2. The van der Waals surface area contributed by atoms with E-state index in [0.29, 0.717) is 44.8 Å². The Bertz CT molecular complexity index is 2390. The molecule has 8 aromatic rings. The van der Waals surface area contributed by atoms with Crippen LogP contribution in [-0.2, 0) is 0 Å². The fourth-order valence-corrected chi connectivity index (χ4v) is 5.81. The number of furan rings is 1. The molecule has 4 nitrogen and oxygen atoms in total. The second-order valence-electron chi connectivity index (χ2n) is 10.6. The summed E-state index contributed by atoms with van der Waals surface area (Å²) in [6.07, 6.45) is 0. The quantitative estimate of drug-likeness (QED) is 0.112. The Kier molecular flexibility index (Phi) is 6.35. The Balaban J connectivity index is 1.48. The van der Waals surface area contributed by atoms with Crippen LogP contribution in [0.2, 0.25) is 0 Å². The standard InChI is InChI=1S/C37H18F5N3O/c38-29-28(30(39)32(41)33(42)31(29)40)27-22-15-8-7-14-21(22)18-24-26-23(16-9-17-25(26)46-34(24)27)37-44-35(19-10-3-1-4-11-19)43-36(45-37)20-12-5-2-6-13-20/h1-18H. The summed E-state index contributed by atoms with van der Waals surface area (Å²) in [4.78, 5) is 14.4. The molecule has 8 rings (SSSR count). The molecule has 0 aliphatic rings. The molecule has 222 valence electrons. The number of rotatable bonds is 4. The Morgan fingerprint density at radius 1 is 0.457 bits per heavy atom.